The van der Waals surface area contributed by atoms with Crippen LogP contribution in [0.5, 0.6) is 0 Å². The van der Waals surface area contributed by atoms with Gasteiger partial charge < -0.3 is 20.3 Å². The Bertz CT molecular complexity index is 447. The molecule has 0 spiro atoms. The predicted molar refractivity (Wildman–Crippen MR) is 83.5 cm³/mol. The number of anilines is 2. The summed E-state index contributed by atoms with van der Waals surface area (Å²) in [7, 11) is 0. The second kappa shape index (κ2) is 8.46. The summed E-state index contributed by atoms with van der Waals surface area (Å²) in [6.07, 6.45) is 1.54. The lowest BCUT2D eigenvalue weighted by atomic mass is 10.3. The lowest BCUT2D eigenvalue weighted by Gasteiger charge is -2.26. The summed E-state index contributed by atoms with van der Waals surface area (Å²) in [6, 6.07) is 5.81. The van der Waals surface area contributed by atoms with Crippen LogP contribution in [0.25, 0.3) is 0 Å². The maximum Gasteiger partial charge on any atom is 0.224 e. The molecule has 1 aliphatic rings. The Hall–Kier alpha value is -1.82. The van der Waals surface area contributed by atoms with Gasteiger partial charge in [-0.3, -0.25) is 4.79 Å². The first-order valence-electron chi connectivity index (χ1n) is 7.60. The van der Waals surface area contributed by atoms with Gasteiger partial charge in [-0.15, -0.1) is 0 Å². The standard InChI is InChI=1S/C15H24N4O2/c1-2-7-16-13-4-3-5-14(18-13)17-8-6-15(20)19-9-11-21-12-10-19/h3-5H,2,6-12H2,1H3,(H2,16,17,18). The fourth-order valence-electron chi connectivity index (χ4n) is 2.15. The van der Waals surface area contributed by atoms with E-state index >= 15 is 0 Å². The molecular formula is C15H24N4O2. The number of nitrogens with zero attached hydrogens (tertiary/aromatic N) is 2. The number of carbonyl (C=O) groups is 1. The molecule has 0 aromatic carbocycles. The molecule has 2 N–H and O–H groups in total. The molecule has 6 heteroatoms. The minimum atomic E-state index is 0.172. The average Bonchev–Trinajstić information content (AvgIpc) is 2.54. The van der Waals surface area contributed by atoms with Crippen molar-refractivity contribution in [2.45, 2.75) is 19.8 Å². The van der Waals surface area contributed by atoms with Gasteiger partial charge in [0.15, 0.2) is 0 Å². The van der Waals surface area contributed by atoms with Crippen molar-refractivity contribution in [1.29, 1.82) is 0 Å². The fourth-order valence-corrected chi connectivity index (χ4v) is 2.15. The van der Waals surface area contributed by atoms with Gasteiger partial charge in [0.05, 0.1) is 13.2 Å². The summed E-state index contributed by atoms with van der Waals surface area (Å²) in [5.41, 5.74) is 0. The van der Waals surface area contributed by atoms with E-state index in [9.17, 15) is 4.79 Å². The highest BCUT2D eigenvalue weighted by molar-refractivity contribution is 5.76. The Morgan fingerprint density at radius 2 is 1.90 bits per heavy atom. The first kappa shape index (κ1) is 15.6. The quantitative estimate of drug-likeness (QED) is 0.798. The molecule has 6 nitrogen and oxygen atoms in total. The maximum absolute atomic E-state index is 12.0. The number of hydrogen-bond donors (Lipinski definition) is 2. The molecule has 21 heavy (non-hydrogen) atoms. The van der Waals surface area contributed by atoms with Gasteiger partial charge in [0, 0.05) is 32.6 Å². The second-order valence-electron chi connectivity index (χ2n) is 5.00. The van der Waals surface area contributed by atoms with E-state index in [1.807, 2.05) is 23.1 Å². The molecule has 1 aliphatic heterocycles. The van der Waals surface area contributed by atoms with Crippen molar-refractivity contribution in [2.24, 2.45) is 0 Å². The molecule has 0 bridgehead atoms. The first-order chi connectivity index (χ1) is 10.3. The number of ether oxygens (including phenoxy) is 1. The molecule has 0 saturated carbocycles. The Morgan fingerprint density at radius 1 is 1.24 bits per heavy atom. The van der Waals surface area contributed by atoms with E-state index in [2.05, 4.69) is 22.5 Å². The van der Waals surface area contributed by atoms with E-state index in [1.54, 1.807) is 0 Å². The molecule has 0 atom stereocenters. The highest BCUT2D eigenvalue weighted by Crippen LogP contribution is 2.09. The minimum absolute atomic E-state index is 0.172. The van der Waals surface area contributed by atoms with Gasteiger partial charge >= 0.3 is 0 Å². The lowest BCUT2D eigenvalue weighted by molar-refractivity contribution is -0.134. The van der Waals surface area contributed by atoms with Gasteiger partial charge in [0.1, 0.15) is 11.6 Å². The number of hydrogen-bond acceptors (Lipinski definition) is 5. The maximum atomic E-state index is 12.0. The average molecular weight is 292 g/mol. The number of morpholine rings is 1. The zero-order valence-corrected chi connectivity index (χ0v) is 12.6. The zero-order chi connectivity index (χ0) is 14.9. The van der Waals surface area contributed by atoms with Crippen LogP contribution < -0.4 is 10.6 Å². The van der Waals surface area contributed by atoms with Crippen LogP contribution in [-0.4, -0.2) is 55.2 Å². The SMILES string of the molecule is CCCNc1cccc(NCCC(=O)N2CCOCC2)n1. The number of amides is 1. The fraction of sp³-hybridized carbons (Fsp3) is 0.600. The second-order valence-corrected chi connectivity index (χ2v) is 5.00. The van der Waals surface area contributed by atoms with Crippen molar-refractivity contribution in [1.82, 2.24) is 9.88 Å². The molecule has 1 saturated heterocycles. The van der Waals surface area contributed by atoms with E-state index in [1.165, 1.54) is 0 Å². The number of rotatable bonds is 7. The molecule has 2 rings (SSSR count). The largest absolute Gasteiger partial charge is 0.378 e. The van der Waals surface area contributed by atoms with Crippen LogP contribution in [0.2, 0.25) is 0 Å². The minimum Gasteiger partial charge on any atom is -0.378 e. The molecule has 1 aromatic heterocycles. The zero-order valence-electron chi connectivity index (χ0n) is 12.6. The van der Waals surface area contributed by atoms with Crippen molar-refractivity contribution in [3.8, 4) is 0 Å². The Balaban J connectivity index is 1.73. The Kier molecular flexibility index (Phi) is 6.27. The molecule has 1 aromatic rings. The first-order valence-corrected chi connectivity index (χ1v) is 7.60. The molecule has 0 radical (unpaired) electrons. The smallest absolute Gasteiger partial charge is 0.224 e. The molecule has 0 unspecified atom stereocenters. The normalized spacial score (nSPS) is 14.8. The van der Waals surface area contributed by atoms with Crippen LogP contribution in [0.15, 0.2) is 18.2 Å². The van der Waals surface area contributed by atoms with Crippen LogP contribution in [0.3, 0.4) is 0 Å². The molecule has 0 aliphatic carbocycles. The van der Waals surface area contributed by atoms with Crippen molar-refractivity contribution in [2.75, 3.05) is 50.0 Å². The molecule has 1 amide bonds. The highest BCUT2D eigenvalue weighted by Gasteiger charge is 2.15. The topological polar surface area (TPSA) is 66.5 Å². The van der Waals surface area contributed by atoms with E-state index < -0.39 is 0 Å². The van der Waals surface area contributed by atoms with Crippen molar-refractivity contribution < 1.29 is 9.53 Å². The summed E-state index contributed by atoms with van der Waals surface area (Å²) < 4.78 is 5.24. The van der Waals surface area contributed by atoms with E-state index in [4.69, 9.17) is 4.74 Å². The van der Waals surface area contributed by atoms with Gasteiger partial charge in [0.25, 0.3) is 0 Å². The van der Waals surface area contributed by atoms with E-state index in [0.29, 0.717) is 39.3 Å². The summed E-state index contributed by atoms with van der Waals surface area (Å²) in [5, 5.41) is 6.45. The number of nitrogens with one attached hydrogen (secondary N) is 2. The molecule has 1 fully saturated rings. The number of aromatic nitrogens is 1. The van der Waals surface area contributed by atoms with Crippen LogP contribution >= 0.6 is 0 Å². The number of pyridine rings is 1. The summed E-state index contributed by atoms with van der Waals surface area (Å²) in [5.74, 6) is 1.83. The summed E-state index contributed by atoms with van der Waals surface area (Å²) >= 11 is 0. The third-order valence-corrected chi connectivity index (χ3v) is 3.31. The number of carbonyl (C=O) groups excluding carboxylic acids is 1. The Labute approximate surface area is 125 Å². The van der Waals surface area contributed by atoms with Gasteiger partial charge in [-0.25, -0.2) is 4.98 Å². The van der Waals surface area contributed by atoms with Gasteiger partial charge in [-0.1, -0.05) is 13.0 Å². The molecular weight excluding hydrogens is 268 g/mol. The predicted octanol–water partition coefficient (Wildman–Crippen LogP) is 1.56. The summed E-state index contributed by atoms with van der Waals surface area (Å²) in [4.78, 5) is 18.3. The van der Waals surface area contributed by atoms with Gasteiger partial charge in [0.2, 0.25) is 5.91 Å². The third-order valence-electron chi connectivity index (χ3n) is 3.31. The van der Waals surface area contributed by atoms with E-state index in [0.717, 1.165) is 24.6 Å². The van der Waals surface area contributed by atoms with Gasteiger partial charge in [-0.2, -0.15) is 0 Å². The van der Waals surface area contributed by atoms with Crippen LogP contribution in [0.4, 0.5) is 11.6 Å². The molecule has 116 valence electrons. The van der Waals surface area contributed by atoms with Crippen LogP contribution in [0, 0.1) is 0 Å². The van der Waals surface area contributed by atoms with E-state index in [-0.39, 0.29) is 5.91 Å². The monoisotopic (exact) mass is 292 g/mol. The lowest BCUT2D eigenvalue weighted by Crippen LogP contribution is -2.41. The highest BCUT2D eigenvalue weighted by atomic mass is 16.5. The van der Waals surface area contributed by atoms with Crippen molar-refractivity contribution >= 4 is 17.5 Å². The van der Waals surface area contributed by atoms with Crippen LogP contribution in [-0.2, 0) is 9.53 Å². The Morgan fingerprint density at radius 3 is 2.57 bits per heavy atom. The van der Waals surface area contributed by atoms with Gasteiger partial charge in [-0.05, 0) is 18.6 Å². The summed E-state index contributed by atoms with van der Waals surface area (Å²) in [6.45, 7) is 6.32. The van der Waals surface area contributed by atoms with Crippen molar-refractivity contribution in [3.63, 3.8) is 0 Å². The van der Waals surface area contributed by atoms with Crippen LogP contribution in [0.1, 0.15) is 19.8 Å². The molecule has 2 heterocycles. The van der Waals surface area contributed by atoms with Crippen molar-refractivity contribution in [3.05, 3.63) is 18.2 Å². The third kappa shape index (κ3) is 5.23.